The van der Waals surface area contributed by atoms with Gasteiger partial charge < -0.3 is 23.3 Å². The van der Waals surface area contributed by atoms with E-state index in [2.05, 4.69) is 126 Å². The van der Waals surface area contributed by atoms with Crippen LogP contribution in [-0.4, -0.2) is 36.3 Å². The summed E-state index contributed by atoms with van der Waals surface area (Å²) < 4.78 is 28.6. The molecule has 0 bridgehead atoms. The van der Waals surface area contributed by atoms with Crippen LogP contribution in [0.1, 0.15) is 77.3 Å². The fourth-order valence-electron chi connectivity index (χ4n) is 7.54. The topological polar surface area (TPSA) is 41.9 Å². The van der Waals surface area contributed by atoms with Crippen LogP contribution in [0.25, 0.3) is 33.8 Å². The Balaban J connectivity index is 1.40. The predicted molar refractivity (Wildman–Crippen MR) is 201 cm³/mol. The Morgan fingerprint density at radius 2 is 1.69 bits per heavy atom. The van der Waals surface area contributed by atoms with Crippen molar-refractivity contribution in [3.63, 3.8) is 0 Å². The molecule has 0 spiro atoms. The van der Waals surface area contributed by atoms with Gasteiger partial charge in [-0.1, -0.05) is 66.1 Å². The Morgan fingerprint density at radius 1 is 0.958 bits per heavy atom. The summed E-state index contributed by atoms with van der Waals surface area (Å²) in [5.41, 5.74) is 11.7. The second kappa shape index (κ2) is 12.5. The number of benzene rings is 2. The van der Waals surface area contributed by atoms with Gasteiger partial charge in [0.2, 0.25) is 0 Å². The van der Waals surface area contributed by atoms with Crippen LogP contribution in [-0.2, 0) is 20.5 Å². The van der Waals surface area contributed by atoms with Gasteiger partial charge in [-0.25, -0.2) is 0 Å². The van der Waals surface area contributed by atoms with Crippen LogP contribution in [0.2, 0.25) is 0 Å². The second-order valence-electron chi connectivity index (χ2n) is 15.0. The monoisotopic (exact) mass is 661 g/mol. The van der Waals surface area contributed by atoms with Crippen LogP contribution >= 0.6 is 11.3 Å². The molecule has 1 fully saturated rings. The quantitative estimate of drug-likeness (QED) is 0.107. The molecule has 3 heterocycles. The fraction of sp³-hybridized carbons (Fsp3) is 0.415. The van der Waals surface area contributed by atoms with Gasteiger partial charge in [0.1, 0.15) is 0 Å². The third-order valence-electron chi connectivity index (χ3n) is 10.5. The van der Waals surface area contributed by atoms with Gasteiger partial charge in [0.05, 0.1) is 27.2 Å². The number of hydrogen-bond acceptors (Lipinski definition) is 5. The number of aromatic nitrogens is 1. The molecule has 2 atom stereocenters. The highest BCUT2D eigenvalue weighted by molar-refractivity contribution is 7.21. The van der Waals surface area contributed by atoms with Gasteiger partial charge in [0.25, 0.3) is 0 Å². The molecule has 2 aromatic carbocycles. The number of hydrogen-bond donors (Lipinski definition) is 0. The Morgan fingerprint density at radius 3 is 2.38 bits per heavy atom. The van der Waals surface area contributed by atoms with Crippen LogP contribution in [0.4, 0.5) is 0 Å². The van der Waals surface area contributed by atoms with E-state index in [0.29, 0.717) is 18.4 Å². The molecule has 0 saturated carbocycles. The summed E-state index contributed by atoms with van der Waals surface area (Å²) in [6.07, 6.45) is 11.7. The minimum absolute atomic E-state index is 0.154. The van der Waals surface area contributed by atoms with Gasteiger partial charge in [-0.2, -0.15) is 0 Å². The van der Waals surface area contributed by atoms with Gasteiger partial charge >= 0.3 is 7.12 Å². The van der Waals surface area contributed by atoms with E-state index >= 15 is 0 Å². The smallest absolute Gasteiger partial charge is 0.465 e. The molecule has 7 heteroatoms. The first-order valence-electron chi connectivity index (χ1n) is 17.4. The largest absolute Gasteiger partial charge is 0.509 e. The number of ether oxygens (including phenoxy) is 2. The lowest BCUT2D eigenvalue weighted by molar-refractivity contribution is 0.00578. The molecule has 1 aliphatic heterocycles. The summed E-state index contributed by atoms with van der Waals surface area (Å²) in [6.45, 7) is 20.0. The highest BCUT2D eigenvalue weighted by Gasteiger charge is 2.53. The zero-order valence-electron chi connectivity index (χ0n) is 29.9. The standard InChI is InChI=1S/C41H48BNO4S/c1-10-44-24-45-38-37(23-48-39(38)42-46-40(6,7)41(8,9)47-42)43-35-13-11-29(31-17-25(2)15-26(3)18-31)21-33(35)34-22-30(12-14-36(34)43)32-19-27(4)16-28(5)20-32/h11-15,17-21,23,27,30H,10,16,22,24H2,1-9H3. The van der Waals surface area contributed by atoms with Crippen molar-refractivity contribution in [3.05, 3.63) is 93.5 Å². The highest BCUT2D eigenvalue weighted by Crippen LogP contribution is 2.44. The number of aryl methyl sites for hydroxylation is 2. The molecule has 4 aromatic rings. The Labute approximate surface area is 290 Å². The van der Waals surface area contributed by atoms with Gasteiger partial charge in [-0.3, -0.25) is 0 Å². The molecular formula is C41H48BNO4S. The minimum atomic E-state index is -0.533. The first-order valence-corrected chi connectivity index (χ1v) is 18.2. The predicted octanol–water partition coefficient (Wildman–Crippen LogP) is 9.75. The summed E-state index contributed by atoms with van der Waals surface area (Å²) in [6, 6.07) is 13.8. The molecule has 0 N–H and O–H groups in total. The molecule has 48 heavy (non-hydrogen) atoms. The average Bonchev–Trinajstić information content (AvgIpc) is 3.64. The highest BCUT2D eigenvalue weighted by atomic mass is 32.1. The Bertz CT molecular complexity index is 1940. The summed E-state index contributed by atoms with van der Waals surface area (Å²) >= 11 is 1.62. The lowest BCUT2D eigenvalue weighted by Crippen LogP contribution is -2.41. The Kier molecular flexibility index (Phi) is 8.64. The van der Waals surface area contributed by atoms with Crippen LogP contribution in [0.5, 0.6) is 5.75 Å². The van der Waals surface area contributed by atoms with Crippen molar-refractivity contribution < 1.29 is 18.8 Å². The van der Waals surface area contributed by atoms with E-state index in [0.717, 1.165) is 34.6 Å². The first kappa shape index (κ1) is 33.2. The van der Waals surface area contributed by atoms with E-state index in [1.165, 1.54) is 50.0 Å². The second-order valence-corrected chi connectivity index (χ2v) is 15.9. The van der Waals surface area contributed by atoms with Crippen molar-refractivity contribution >= 4 is 40.2 Å². The van der Waals surface area contributed by atoms with Gasteiger partial charge in [0.15, 0.2) is 12.5 Å². The Hall–Kier alpha value is -3.36. The lowest BCUT2D eigenvalue weighted by Gasteiger charge is -2.32. The van der Waals surface area contributed by atoms with E-state index in [-0.39, 0.29) is 6.79 Å². The van der Waals surface area contributed by atoms with Gasteiger partial charge in [-0.05, 0) is 115 Å². The van der Waals surface area contributed by atoms with Crippen LogP contribution in [0.15, 0.2) is 71.2 Å². The minimum Gasteiger partial charge on any atom is -0.465 e. The third-order valence-corrected chi connectivity index (χ3v) is 11.5. The molecule has 2 aromatic heterocycles. The maximum Gasteiger partial charge on any atom is 0.509 e. The average molecular weight is 662 g/mol. The van der Waals surface area contributed by atoms with Crippen LogP contribution < -0.4 is 9.51 Å². The van der Waals surface area contributed by atoms with Crippen molar-refractivity contribution in [2.75, 3.05) is 13.4 Å². The summed E-state index contributed by atoms with van der Waals surface area (Å²) in [4.78, 5) is 0. The van der Waals surface area contributed by atoms with Crippen molar-refractivity contribution in [1.82, 2.24) is 4.57 Å². The lowest BCUT2D eigenvalue weighted by atomic mass is 9.81. The molecule has 0 amide bonds. The first-order chi connectivity index (χ1) is 22.8. The molecule has 1 saturated heterocycles. The maximum absolute atomic E-state index is 6.54. The number of rotatable bonds is 8. The molecule has 3 aliphatic rings. The summed E-state index contributed by atoms with van der Waals surface area (Å²) in [5.74, 6) is 1.64. The third kappa shape index (κ3) is 5.93. The molecule has 0 radical (unpaired) electrons. The number of allylic oxidation sites excluding steroid dienone is 5. The summed E-state index contributed by atoms with van der Waals surface area (Å²) in [5, 5.41) is 3.47. The van der Waals surface area contributed by atoms with E-state index in [1.807, 2.05) is 6.92 Å². The van der Waals surface area contributed by atoms with E-state index < -0.39 is 18.3 Å². The van der Waals surface area contributed by atoms with Gasteiger partial charge in [-0.15, -0.1) is 11.3 Å². The fourth-order valence-corrected chi connectivity index (χ4v) is 8.46. The zero-order valence-corrected chi connectivity index (χ0v) is 30.7. The number of thiophene rings is 1. The number of fused-ring (bicyclic) bond motifs is 3. The molecule has 250 valence electrons. The van der Waals surface area contributed by atoms with Crippen LogP contribution in [0.3, 0.4) is 0 Å². The van der Waals surface area contributed by atoms with E-state index in [1.54, 1.807) is 11.3 Å². The van der Waals surface area contributed by atoms with E-state index in [4.69, 9.17) is 18.8 Å². The SMILES string of the molecule is CCOCOc1c(-n2c3c(c4cc(-c5cc(C)cc(C)c5)ccc42)CC(C2=CC(C)CC(C)=C2)C=C3)csc1B1OC(C)(C)C(C)(C)O1. The van der Waals surface area contributed by atoms with Gasteiger partial charge in [0, 0.05) is 29.0 Å². The molecule has 7 rings (SSSR count). The molecule has 5 nitrogen and oxygen atoms in total. The number of nitrogens with zero attached hydrogens (tertiary/aromatic N) is 1. The van der Waals surface area contributed by atoms with E-state index in [9.17, 15) is 0 Å². The normalized spacial score (nSPS) is 21.4. The molecular weight excluding hydrogens is 613 g/mol. The van der Waals surface area contributed by atoms with Crippen molar-refractivity contribution in [2.45, 2.75) is 86.4 Å². The van der Waals surface area contributed by atoms with Crippen molar-refractivity contribution in [2.24, 2.45) is 11.8 Å². The zero-order chi connectivity index (χ0) is 34.0. The summed E-state index contributed by atoms with van der Waals surface area (Å²) in [7, 11) is -0.533. The molecule has 2 unspecified atom stereocenters. The van der Waals surface area contributed by atoms with Crippen molar-refractivity contribution in [1.29, 1.82) is 0 Å². The van der Waals surface area contributed by atoms with Crippen molar-refractivity contribution in [3.8, 4) is 22.6 Å². The maximum atomic E-state index is 6.54. The van der Waals surface area contributed by atoms with Crippen LogP contribution in [0, 0.1) is 25.7 Å². The molecule has 2 aliphatic carbocycles.